The maximum absolute atomic E-state index is 10.5. The molecule has 2 aromatic carbocycles. The Morgan fingerprint density at radius 3 is 0.686 bits per heavy atom. The molecule has 0 spiro atoms. The minimum Gasteiger partial charge on any atom is -0.545 e. The third kappa shape index (κ3) is 11.9. The van der Waals surface area contributed by atoms with Crippen molar-refractivity contribution >= 4 is 35.8 Å². The Kier molecular flexibility index (Phi) is 20.0. The van der Waals surface area contributed by atoms with Crippen molar-refractivity contribution in [2.24, 2.45) is 0 Å². The van der Waals surface area contributed by atoms with Crippen molar-refractivity contribution < 1.29 is 98.4 Å². The first kappa shape index (κ1) is 40.9. The topological polar surface area (TPSA) is 361 Å². The van der Waals surface area contributed by atoms with E-state index in [0.29, 0.717) is 0 Å². The summed E-state index contributed by atoms with van der Waals surface area (Å²) >= 11 is 0. The standard InChI is InChI=1S/2C9H6O6.Fe.4H2O/c2*10-7(11)4-1-5(8(12)13)3-6(2-4)9(14)15;;;;;/h2*1-3H,(H,10,11)(H,12,13)(H,14,15);;4*1H2/q;;+2;;;;/p+2. The van der Waals surface area contributed by atoms with Crippen LogP contribution in [0.1, 0.15) is 62.1 Å². The van der Waals surface area contributed by atoms with Crippen LogP contribution in [-0.2, 0) is 39.0 Å². The van der Waals surface area contributed by atoms with Crippen molar-refractivity contribution in [1.29, 1.82) is 0 Å². The molecule has 0 aliphatic heterocycles. The normalized spacial score (nSPS) is 8.23. The summed E-state index contributed by atoms with van der Waals surface area (Å²) in [6.45, 7) is 0. The molecule has 2 rings (SSSR count). The Hall–Kier alpha value is -4.38. The second-order valence-electron chi connectivity index (χ2n) is 5.39. The van der Waals surface area contributed by atoms with Crippen LogP contribution in [-0.4, -0.2) is 56.2 Å². The molecule has 0 bridgehead atoms. The maximum atomic E-state index is 10.5. The fourth-order valence-electron chi connectivity index (χ4n) is 1.98. The number of carbonyl (C=O) groups excluding carboxylic acids is 2. The molecule has 0 amide bonds. The minimum atomic E-state index is -1.62. The maximum Gasteiger partial charge on any atom is 2.00 e. The number of rotatable bonds is 6. The summed E-state index contributed by atoms with van der Waals surface area (Å²) in [5, 5.41) is 55.3. The number of carbonyl (C=O) groups is 6. The Morgan fingerprint density at radius 1 is 0.429 bits per heavy atom. The van der Waals surface area contributed by atoms with Crippen LogP contribution in [0.25, 0.3) is 0 Å². The van der Waals surface area contributed by atoms with Gasteiger partial charge in [0.15, 0.2) is 0 Å². The van der Waals surface area contributed by atoms with Crippen molar-refractivity contribution in [1.82, 2.24) is 0 Å². The van der Waals surface area contributed by atoms with Crippen LogP contribution in [0.3, 0.4) is 0 Å². The SMILES string of the molecule is O=C([O-])c1cc(C(=O)O)cc(C(=O)O)c1.O=C([O-])c1cc(C(=O)O)cc(C(=O)O)c1.[Fe+2].[OH3+].[OH3+].[OH3+].[OH3+]. The van der Waals surface area contributed by atoms with Crippen LogP contribution in [0.5, 0.6) is 0 Å². The zero-order valence-electron chi connectivity index (χ0n) is 17.2. The molecule has 17 heteroatoms. The molecule has 0 unspecified atom stereocenters. The predicted molar refractivity (Wildman–Crippen MR) is 109 cm³/mol. The Morgan fingerprint density at radius 2 is 0.571 bits per heavy atom. The van der Waals surface area contributed by atoms with Gasteiger partial charge in [-0.2, -0.15) is 0 Å². The summed E-state index contributed by atoms with van der Waals surface area (Å²) in [7, 11) is 0. The monoisotopic (exact) mass is 550 g/mol. The van der Waals surface area contributed by atoms with Crippen molar-refractivity contribution in [2.75, 3.05) is 0 Å². The van der Waals surface area contributed by atoms with Crippen LogP contribution in [0, 0.1) is 0 Å². The van der Waals surface area contributed by atoms with Gasteiger partial charge in [-0.15, -0.1) is 0 Å². The molecule has 0 fully saturated rings. The fourth-order valence-corrected chi connectivity index (χ4v) is 1.98. The molecule has 0 aliphatic carbocycles. The predicted octanol–water partition coefficient (Wildman–Crippen LogP) is -4.80. The van der Waals surface area contributed by atoms with E-state index in [4.69, 9.17) is 20.4 Å². The van der Waals surface area contributed by atoms with Crippen molar-refractivity contribution in [3.8, 4) is 0 Å². The number of carboxylic acids is 6. The molecular weight excluding hydrogens is 528 g/mol. The molecule has 0 aromatic heterocycles. The van der Waals surface area contributed by atoms with Gasteiger partial charge in [0.1, 0.15) is 0 Å². The molecule has 0 radical (unpaired) electrons. The van der Waals surface area contributed by atoms with Crippen LogP contribution >= 0.6 is 0 Å². The molecule has 16 N–H and O–H groups in total. The largest absolute Gasteiger partial charge is 2.00 e. The smallest absolute Gasteiger partial charge is 0.545 e. The van der Waals surface area contributed by atoms with Gasteiger partial charge in [0.25, 0.3) is 0 Å². The van der Waals surface area contributed by atoms with E-state index < -0.39 is 69.2 Å². The van der Waals surface area contributed by atoms with E-state index in [1.165, 1.54) is 0 Å². The molecule has 0 heterocycles. The first-order chi connectivity index (χ1) is 13.8. The van der Waals surface area contributed by atoms with Crippen LogP contribution < -0.4 is 10.2 Å². The summed E-state index contributed by atoms with van der Waals surface area (Å²) < 4.78 is 0. The fraction of sp³-hybridized carbons (Fsp3) is 0. The van der Waals surface area contributed by atoms with Gasteiger partial charge >= 0.3 is 40.9 Å². The van der Waals surface area contributed by atoms with E-state index in [9.17, 15) is 39.0 Å². The third-order valence-electron chi connectivity index (χ3n) is 3.33. The zero-order chi connectivity index (χ0) is 23.2. The minimum absolute atomic E-state index is 0. The van der Waals surface area contributed by atoms with E-state index in [0.717, 1.165) is 36.4 Å². The number of hydrogen-bond acceptors (Lipinski definition) is 8. The summed E-state index contributed by atoms with van der Waals surface area (Å²) in [6, 6.07) is 5.09. The Bertz CT molecular complexity index is 835. The van der Waals surface area contributed by atoms with Gasteiger partial charge in [-0.05, 0) is 47.5 Å². The zero-order valence-corrected chi connectivity index (χ0v) is 18.3. The van der Waals surface area contributed by atoms with Crippen LogP contribution in [0.4, 0.5) is 0 Å². The van der Waals surface area contributed by atoms with Gasteiger partial charge in [0.05, 0.1) is 34.2 Å². The van der Waals surface area contributed by atoms with Gasteiger partial charge in [-0.3, -0.25) is 0 Å². The van der Waals surface area contributed by atoms with Crippen LogP contribution in [0.2, 0.25) is 0 Å². The van der Waals surface area contributed by atoms with E-state index in [2.05, 4.69) is 0 Å². The summed E-state index contributed by atoms with van der Waals surface area (Å²) in [6.07, 6.45) is 0. The molecule has 35 heavy (non-hydrogen) atoms. The molecule has 0 saturated carbocycles. The van der Waals surface area contributed by atoms with E-state index in [1.54, 1.807) is 0 Å². The van der Waals surface area contributed by atoms with Gasteiger partial charge in [-0.1, -0.05) is 0 Å². The molecular formula is C18H22FeO16+4. The van der Waals surface area contributed by atoms with Crippen molar-refractivity contribution in [2.45, 2.75) is 0 Å². The molecule has 0 saturated heterocycles. The molecule has 194 valence electrons. The van der Waals surface area contributed by atoms with Crippen LogP contribution in [0.15, 0.2) is 36.4 Å². The summed E-state index contributed by atoms with van der Waals surface area (Å²) in [5.74, 6) is -8.86. The van der Waals surface area contributed by atoms with Crippen molar-refractivity contribution in [3.05, 3.63) is 69.8 Å². The molecule has 0 aliphatic rings. The first-order valence-electron chi connectivity index (χ1n) is 7.49. The average Bonchev–Trinajstić information content (AvgIpc) is 2.67. The third-order valence-corrected chi connectivity index (χ3v) is 3.33. The van der Waals surface area contributed by atoms with Gasteiger partial charge in [0, 0.05) is 0 Å². The van der Waals surface area contributed by atoms with E-state index in [-0.39, 0.29) is 39.0 Å². The number of aromatic carboxylic acids is 6. The Balaban J connectivity index is -0.000000150. The summed E-state index contributed by atoms with van der Waals surface area (Å²) in [5.41, 5.74) is -2.59. The summed E-state index contributed by atoms with van der Waals surface area (Å²) in [4.78, 5) is 63.1. The average molecular weight is 550 g/mol. The first-order valence-corrected chi connectivity index (χ1v) is 7.49. The van der Waals surface area contributed by atoms with E-state index >= 15 is 0 Å². The molecule has 0 atom stereocenters. The van der Waals surface area contributed by atoms with E-state index in [1.807, 2.05) is 0 Å². The quantitative estimate of drug-likeness (QED) is 0.194. The number of hydrogen-bond donors (Lipinski definition) is 4. The number of carboxylic acid groups (broad SMARTS) is 6. The van der Waals surface area contributed by atoms with Crippen molar-refractivity contribution in [3.63, 3.8) is 0 Å². The van der Waals surface area contributed by atoms with Gasteiger partial charge in [-0.25, -0.2) is 19.2 Å². The Labute approximate surface area is 204 Å². The second kappa shape index (κ2) is 17.1. The second-order valence-corrected chi connectivity index (χ2v) is 5.39. The number of benzene rings is 2. The molecule has 16 nitrogen and oxygen atoms in total. The van der Waals surface area contributed by atoms with Gasteiger partial charge < -0.3 is 62.1 Å². The van der Waals surface area contributed by atoms with Gasteiger partial charge in [0.2, 0.25) is 0 Å². The molecule has 2 aromatic rings.